The van der Waals surface area contributed by atoms with Crippen molar-refractivity contribution in [1.82, 2.24) is 39.2 Å². The average molecular weight is 569 g/mol. The van der Waals surface area contributed by atoms with E-state index in [0.717, 1.165) is 12.1 Å². The summed E-state index contributed by atoms with van der Waals surface area (Å²) in [5, 5.41) is 0. The molecular weight excluding hydrogens is 496 g/mol. The van der Waals surface area contributed by atoms with Crippen molar-refractivity contribution in [1.29, 1.82) is 0 Å². The van der Waals surface area contributed by atoms with Gasteiger partial charge >= 0.3 is 0 Å². The van der Waals surface area contributed by atoms with E-state index in [0.29, 0.717) is 29.7 Å². The van der Waals surface area contributed by atoms with E-state index in [1.165, 1.54) is 58.9 Å². The third-order valence-corrected chi connectivity index (χ3v) is 10.2. The van der Waals surface area contributed by atoms with Gasteiger partial charge in [0.05, 0.1) is 0 Å². The van der Waals surface area contributed by atoms with E-state index < -0.39 is 0 Å². The summed E-state index contributed by atoms with van der Waals surface area (Å²) < 4.78 is 0. The molecule has 240 valence electrons. The summed E-state index contributed by atoms with van der Waals surface area (Å²) in [6.07, 6.45) is 0. The van der Waals surface area contributed by atoms with E-state index in [1.54, 1.807) is 0 Å². The maximum atomic E-state index is 2.44. The lowest BCUT2D eigenvalue weighted by Crippen LogP contribution is -2.56. The van der Waals surface area contributed by atoms with Gasteiger partial charge in [-0.2, -0.15) is 0 Å². The highest BCUT2D eigenvalue weighted by atomic mass is 15.3. The Kier molecular flexibility index (Phi) is 16.1. The Bertz CT molecular complexity index is 612. The fourth-order valence-electron chi connectivity index (χ4n) is 6.29. The second kappa shape index (κ2) is 17.1. The average Bonchev–Trinajstić information content (AvgIpc) is 2.83. The van der Waals surface area contributed by atoms with Gasteiger partial charge in [0.25, 0.3) is 0 Å². The van der Waals surface area contributed by atoms with E-state index in [-0.39, 0.29) is 0 Å². The van der Waals surface area contributed by atoms with Gasteiger partial charge in [0.1, 0.15) is 0 Å². The smallest absolute Gasteiger partial charge is 0.0277 e. The van der Waals surface area contributed by atoms with Gasteiger partial charge in [-0.1, -0.05) is 0 Å². The van der Waals surface area contributed by atoms with Crippen LogP contribution in [0.3, 0.4) is 0 Å². The molecule has 4 saturated heterocycles. The quantitative estimate of drug-likeness (QED) is 0.440. The Morgan fingerprint density at radius 3 is 1.02 bits per heavy atom. The first-order valence-electron chi connectivity index (χ1n) is 16.0. The van der Waals surface area contributed by atoms with Gasteiger partial charge in [-0.25, -0.2) is 0 Å². The Morgan fingerprint density at radius 1 is 0.425 bits per heavy atom. The standard InChI is InChI=1S/4C8H18N2/c1-7-5-10(4)8(2)6-9(7)3;2*1-7-5-9(3)6-8(2)10(7)4;1-8(2)7-9(3)5-6-10(8)4/h3*7-8H,5-6H2,1-4H3;5-7H2,1-4H3/t3*7-,8+;. The zero-order chi connectivity index (χ0) is 30.9. The molecule has 0 radical (unpaired) electrons. The second-order valence-corrected chi connectivity index (χ2v) is 14.7. The van der Waals surface area contributed by atoms with Gasteiger partial charge in [0.15, 0.2) is 0 Å². The number of hydrogen-bond acceptors (Lipinski definition) is 8. The van der Waals surface area contributed by atoms with Crippen LogP contribution < -0.4 is 0 Å². The molecule has 0 aromatic rings. The molecule has 0 amide bonds. The van der Waals surface area contributed by atoms with Crippen molar-refractivity contribution in [2.45, 2.75) is 97.2 Å². The summed E-state index contributed by atoms with van der Waals surface area (Å²) in [6, 6.07) is 4.31. The maximum absolute atomic E-state index is 2.44. The van der Waals surface area contributed by atoms with Crippen molar-refractivity contribution in [3.05, 3.63) is 0 Å². The molecule has 4 rings (SSSR count). The molecule has 4 aliphatic rings. The van der Waals surface area contributed by atoms with Gasteiger partial charge in [0, 0.05) is 101 Å². The van der Waals surface area contributed by atoms with Crippen LogP contribution in [-0.4, -0.2) is 196 Å². The normalized spacial score (nSPS) is 36.0. The molecule has 0 aromatic heterocycles. The maximum Gasteiger partial charge on any atom is 0.0277 e. The van der Waals surface area contributed by atoms with Crippen molar-refractivity contribution in [3.8, 4) is 0 Å². The first-order chi connectivity index (χ1) is 18.3. The molecule has 0 saturated carbocycles. The Hall–Kier alpha value is -0.320. The predicted molar refractivity (Wildman–Crippen MR) is 177 cm³/mol. The van der Waals surface area contributed by atoms with Crippen LogP contribution in [0.25, 0.3) is 0 Å². The number of rotatable bonds is 0. The molecule has 0 aromatic carbocycles. The highest BCUT2D eigenvalue weighted by molar-refractivity contribution is 4.87. The Balaban J connectivity index is 0.000000267. The molecule has 8 nitrogen and oxygen atoms in total. The molecule has 8 heteroatoms. The minimum Gasteiger partial charge on any atom is -0.303 e. The van der Waals surface area contributed by atoms with Crippen LogP contribution in [0, 0.1) is 0 Å². The fourth-order valence-corrected chi connectivity index (χ4v) is 6.29. The number of nitrogens with zero attached hydrogens (tertiary/aromatic N) is 8. The zero-order valence-electron chi connectivity index (χ0n) is 29.9. The first kappa shape index (κ1) is 37.7. The second-order valence-electron chi connectivity index (χ2n) is 14.7. The molecule has 4 aliphatic heterocycles. The van der Waals surface area contributed by atoms with Crippen molar-refractivity contribution < 1.29 is 0 Å². The van der Waals surface area contributed by atoms with Crippen LogP contribution in [0.1, 0.15) is 55.4 Å². The monoisotopic (exact) mass is 569 g/mol. The molecule has 0 bridgehead atoms. The lowest BCUT2D eigenvalue weighted by Gasteiger charge is -2.44. The minimum atomic E-state index is 0.368. The molecular formula is C32H72N8. The van der Waals surface area contributed by atoms with Crippen LogP contribution >= 0.6 is 0 Å². The van der Waals surface area contributed by atoms with E-state index in [9.17, 15) is 0 Å². The van der Waals surface area contributed by atoms with Crippen LogP contribution in [0.2, 0.25) is 0 Å². The van der Waals surface area contributed by atoms with Crippen molar-refractivity contribution in [3.63, 3.8) is 0 Å². The molecule has 6 atom stereocenters. The summed E-state index contributed by atoms with van der Waals surface area (Å²) in [5.74, 6) is 0. The highest BCUT2D eigenvalue weighted by Gasteiger charge is 2.29. The van der Waals surface area contributed by atoms with Gasteiger partial charge in [-0.15, -0.1) is 0 Å². The molecule has 40 heavy (non-hydrogen) atoms. The fraction of sp³-hybridized carbons (Fsp3) is 1.00. The zero-order valence-corrected chi connectivity index (χ0v) is 29.9. The highest BCUT2D eigenvalue weighted by Crippen LogP contribution is 2.17. The predicted octanol–water partition coefficient (Wildman–Crippen LogP) is 2.56. The molecule has 4 fully saturated rings. The van der Waals surface area contributed by atoms with E-state index in [2.05, 4.69) is 151 Å². The van der Waals surface area contributed by atoms with Crippen LogP contribution in [0.5, 0.6) is 0 Å². The lowest BCUT2D eigenvalue weighted by atomic mass is 10.0. The third-order valence-electron chi connectivity index (χ3n) is 10.2. The van der Waals surface area contributed by atoms with Gasteiger partial charge < -0.3 is 24.5 Å². The van der Waals surface area contributed by atoms with Crippen LogP contribution in [-0.2, 0) is 0 Å². The molecule has 0 spiro atoms. The third kappa shape index (κ3) is 12.5. The summed E-state index contributed by atoms with van der Waals surface area (Å²) >= 11 is 0. The molecule has 0 N–H and O–H groups in total. The van der Waals surface area contributed by atoms with Gasteiger partial charge in [-0.05, 0) is 112 Å². The molecule has 4 heterocycles. The summed E-state index contributed by atoms with van der Waals surface area (Å²) in [4.78, 5) is 19.3. The number of piperazine rings is 4. The number of hydrogen-bond donors (Lipinski definition) is 0. The van der Waals surface area contributed by atoms with Crippen LogP contribution in [0.4, 0.5) is 0 Å². The lowest BCUT2D eigenvalue weighted by molar-refractivity contribution is 0.0541. The van der Waals surface area contributed by atoms with Crippen molar-refractivity contribution in [2.24, 2.45) is 0 Å². The molecule has 0 aliphatic carbocycles. The van der Waals surface area contributed by atoms with Crippen LogP contribution in [0.15, 0.2) is 0 Å². The largest absolute Gasteiger partial charge is 0.303 e. The Labute approximate surface area is 251 Å². The van der Waals surface area contributed by atoms with E-state index in [1.807, 2.05) is 0 Å². The van der Waals surface area contributed by atoms with Crippen molar-refractivity contribution in [2.75, 3.05) is 115 Å². The summed E-state index contributed by atoms with van der Waals surface area (Å²) in [6.45, 7) is 29.1. The van der Waals surface area contributed by atoms with Crippen molar-refractivity contribution >= 4 is 0 Å². The summed E-state index contributed by atoms with van der Waals surface area (Å²) in [7, 11) is 17.6. The van der Waals surface area contributed by atoms with E-state index >= 15 is 0 Å². The minimum absolute atomic E-state index is 0.368. The SMILES string of the molecule is CN1CCN(C)C(C)(C)C1.C[C@@H]1CN(C)C[C@H](C)N1C.C[C@@H]1CN(C)C[C@H](C)N1C.C[C@@H]1CN(C)[C@@H](C)CN1C. The molecule has 0 unspecified atom stereocenters. The summed E-state index contributed by atoms with van der Waals surface area (Å²) in [5.41, 5.74) is 0.368. The Morgan fingerprint density at radius 2 is 0.750 bits per heavy atom. The topological polar surface area (TPSA) is 25.9 Å². The van der Waals surface area contributed by atoms with Gasteiger partial charge in [-0.3, -0.25) is 14.7 Å². The van der Waals surface area contributed by atoms with Gasteiger partial charge in [0.2, 0.25) is 0 Å². The first-order valence-corrected chi connectivity index (χ1v) is 16.0. The van der Waals surface area contributed by atoms with E-state index in [4.69, 9.17) is 0 Å². The number of likely N-dealkylation sites (N-methyl/N-ethyl adjacent to an activating group) is 8.